The standard InChI is InChI=1S/C11H20N2O/c1-7(12-2)11(14)13-10-6-8-3-4-9(10)5-8/h7-10,12H,3-6H2,1-2H3,(H,13,14). The van der Waals surface area contributed by atoms with Crippen molar-refractivity contribution in [2.45, 2.75) is 44.7 Å². The van der Waals surface area contributed by atoms with Crippen LogP contribution in [0.15, 0.2) is 0 Å². The highest BCUT2D eigenvalue weighted by atomic mass is 16.2. The highest BCUT2D eigenvalue weighted by molar-refractivity contribution is 5.81. The zero-order valence-corrected chi connectivity index (χ0v) is 9.05. The molecule has 0 aromatic rings. The summed E-state index contributed by atoms with van der Waals surface area (Å²) in [7, 11) is 1.82. The van der Waals surface area contributed by atoms with Crippen LogP contribution in [-0.2, 0) is 4.79 Å². The summed E-state index contributed by atoms with van der Waals surface area (Å²) in [6.45, 7) is 1.91. The van der Waals surface area contributed by atoms with Crippen molar-refractivity contribution in [1.29, 1.82) is 0 Å². The van der Waals surface area contributed by atoms with Crippen LogP contribution in [-0.4, -0.2) is 25.0 Å². The van der Waals surface area contributed by atoms with E-state index in [1.165, 1.54) is 25.7 Å². The van der Waals surface area contributed by atoms with Gasteiger partial charge in [-0.1, -0.05) is 6.42 Å². The number of nitrogens with one attached hydrogen (secondary N) is 2. The Morgan fingerprint density at radius 3 is 2.64 bits per heavy atom. The summed E-state index contributed by atoms with van der Waals surface area (Å²) in [5, 5.41) is 6.13. The second kappa shape index (κ2) is 3.89. The van der Waals surface area contributed by atoms with E-state index >= 15 is 0 Å². The second-order valence-electron chi connectivity index (χ2n) is 4.80. The van der Waals surface area contributed by atoms with Gasteiger partial charge in [0.25, 0.3) is 0 Å². The van der Waals surface area contributed by atoms with Crippen LogP contribution < -0.4 is 10.6 Å². The van der Waals surface area contributed by atoms with E-state index < -0.39 is 0 Å². The largest absolute Gasteiger partial charge is 0.352 e. The lowest BCUT2D eigenvalue weighted by Crippen LogP contribution is -2.46. The third-order valence-electron chi connectivity index (χ3n) is 3.89. The molecule has 0 spiro atoms. The highest BCUT2D eigenvalue weighted by Crippen LogP contribution is 2.44. The summed E-state index contributed by atoms with van der Waals surface area (Å²) in [6.07, 6.45) is 5.27. The first-order chi connectivity index (χ1) is 6.70. The van der Waals surface area contributed by atoms with Gasteiger partial charge < -0.3 is 10.6 Å². The van der Waals surface area contributed by atoms with Crippen molar-refractivity contribution >= 4 is 5.91 Å². The van der Waals surface area contributed by atoms with Gasteiger partial charge in [-0.05, 0) is 45.1 Å². The number of amides is 1. The fourth-order valence-corrected chi connectivity index (χ4v) is 2.86. The summed E-state index contributed by atoms with van der Waals surface area (Å²) in [6, 6.07) is 0.408. The van der Waals surface area contributed by atoms with Gasteiger partial charge in [0.2, 0.25) is 5.91 Å². The van der Waals surface area contributed by atoms with E-state index in [0.29, 0.717) is 6.04 Å². The van der Waals surface area contributed by atoms with Crippen molar-refractivity contribution in [2.24, 2.45) is 11.8 Å². The fraction of sp³-hybridized carbons (Fsp3) is 0.909. The summed E-state index contributed by atoms with van der Waals surface area (Å²) in [5.74, 6) is 1.83. The van der Waals surface area contributed by atoms with E-state index in [1.54, 1.807) is 0 Å². The molecule has 2 fully saturated rings. The number of hydrogen-bond donors (Lipinski definition) is 2. The van der Waals surface area contributed by atoms with Crippen molar-refractivity contribution in [3.63, 3.8) is 0 Å². The molecule has 0 saturated heterocycles. The topological polar surface area (TPSA) is 41.1 Å². The Balaban J connectivity index is 1.84. The van der Waals surface area contributed by atoms with Gasteiger partial charge >= 0.3 is 0 Å². The number of hydrogen-bond acceptors (Lipinski definition) is 2. The average molecular weight is 196 g/mol. The number of likely N-dealkylation sites (N-methyl/N-ethyl adjacent to an activating group) is 1. The summed E-state index contributed by atoms with van der Waals surface area (Å²) in [4.78, 5) is 11.6. The van der Waals surface area contributed by atoms with Crippen LogP contribution >= 0.6 is 0 Å². The molecule has 0 aromatic carbocycles. The summed E-state index contributed by atoms with van der Waals surface area (Å²) < 4.78 is 0. The lowest BCUT2D eigenvalue weighted by Gasteiger charge is -2.24. The first kappa shape index (κ1) is 9.97. The van der Waals surface area contributed by atoms with Gasteiger partial charge in [0, 0.05) is 6.04 Å². The molecule has 0 heterocycles. The van der Waals surface area contributed by atoms with Gasteiger partial charge in [-0.25, -0.2) is 0 Å². The number of fused-ring (bicyclic) bond motifs is 2. The van der Waals surface area contributed by atoms with E-state index in [2.05, 4.69) is 10.6 Å². The molecule has 2 bridgehead atoms. The van der Waals surface area contributed by atoms with E-state index in [4.69, 9.17) is 0 Å². The molecule has 3 nitrogen and oxygen atoms in total. The van der Waals surface area contributed by atoms with Crippen LogP contribution in [0.1, 0.15) is 32.6 Å². The van der Waals surface area contributed by atoms with Crippen LogP contribution in [0.25, 0.3) is 0 Å². The van der Waals surface area contributed by atoms with Crippen LogP contribution in [0.5, 0.6) is 0 Å². The lowest BCUT2D eigenvalue weighted by molar-refractivity contribution is -0.123. The molecule has 2 N–H and O–H groups in total. The fourth-order valence-electron chi connectivity index (χ4n) is 2.86. The third kappa shape index (κ3) is 1.78. The van der Waals surface area contributed by atoms with E-state index in [0.717, 1.165) is 11.8 Å². The van der Waals surface area contributed by atoms with E-state index in [-0.39, 0.29) is 11.9 Å². The van der Waals surface area contributed by atoms with Gasteiger partial charge in [0.05, 0.1) is 6.04 Å². The molecule has 2 rings (SSSR count). The van der Waals surface area contributed by atoms with Gasteiger partial charge in [-0.15, -0.1) is 0 Å². The quantitative estimate of drug-likeness (QED) is 0.704. The van der Waals surface area contributed by atoms with Gasteiger partial charge in [-0.3, -0.25) is 4.79 Å². The second-order valence-corrected chi connectivity index (χ2v) is 4.80. The van der Waals surface area contributed by atoms with Gasteiger partial charge in [0.15, 0.2) is 0 Å². The Labute approximate surface area is 85.6 Å². The van der Waals surface area contributed by atoms with Gasteiger partial charge in [0.1, 0.15) is 0 Å². The predicted octanol–water partition coefficient (Wildman–Crippen LogP) is 0.899. The molecule has 3 heteroatoms. The lowest BCUT2D eigenvalue weighted by atomic mass is 9.95. The number of carbonyl (C=O) groups excluding carboxylic acids is 1. The molecule has 4 atom stereocenters. The molecule has 0 aliphatic heterocycles. The molecule has 1 amide bonds. The highest BCUT2D eigenvalue weighted by Gasteiger charge is 2.40. The van der Waals surface area contributed by atoms with E-state index in [1.807, 2.05) is 14.0 Å². The first-order valence-corrected chi connectivity index (χ1v) is 5.68. The zero-order chi connectivity index (χ0) is 10.1. The van der Waals surface area contributed by atoms with Gasteiger partial charge in [-0.2, -0.15) is 0 Å². The Bertz CT molecular complexity index is 229. The maximum atomic E-state index is 11.6. The molecule has 4 unspecified atom stereocenters. The average Bonchev–Trinajstić information content (AvgIpc) is 2.77. The van der Waals surface area contributed by atoms with Crippen LogP contribution in [0.3, 0.4) is 0 Å². The number of carbonyl (C=O) groups is 1. The maximum Gasteiger partial charge on any atom is 0.237 e. The summed E-state index contributed by atoms with van der Waals surface area (Å²) in [5.41, 5.74) is 0. The maximum absolute atomic E-state index is 11.6. The molecule has 80 valence electrons. The van der Waals surface area contributed by atoms with Crippen LogP contribution in [0.4, 0.5) is 0 Å². The minimum absolute atomic E-state index is 0.0610. The zero-order valence-electron chi connectivity index (χ0n) is 9.05. The molecular weight excluding hydrogens is 176 g/mol. The molecule has 2 saturated carbocycles. The van der Waals surface area contributed by atoms with E-state index in [9.17, 15) is 4.79 Å². The van der Waals surface area contributed by atoms with Crippen molar-refractivity contribution in [3.8, 4) is 0 Å². The Kier molecular flexibility index (Phi) is 2.77. The van der Waals surface area contributed by atoms with Crippen molar-refractivity contribution < 1.29 is 4.79 Å². The molecule has 0 aromatic heterocycles. The van der Waals surface area contributed by atoms with Crippen molar-refractivity contribution in [2.75, 3.05) is 7.05 Å². The Morgan fingerprint density at radius 1 is 1.36 bits per heavy atom. The first-order valence-electron chi connectivity index (χ1n) is 5.68. The van der Waals surface area contributed by atoms with Crippen molar-refractivity contribution in [1.82, 2.24) is 10.6 Å². The van der Waals surface area contributed by atoms with Crippen LogP contribution in [0.2, 0.25) is 0 Å². The van der Waals surface area contributed by atoms with Crippen LogP contribution in [0, 0.1) is 11.8 Å². The molecule has 0 radical (unpaired) electrons. The smallest absolute Gasteiger partial charge is 0.237 e. The summed E-state index contributed by atoms with van der Waals surface area (Å²) >= 11 is 0. The molecule has 2 aliphatic rings. The molecule has 14 heavy (non-hydrogen) atoms. The Morgan fingerprint density at radius 2 is 2.14 bits per heavy atom. The SMILES string of the molecule is CNC(C)C(=O)NC1CC2CCC1C2. The molecule has 2 aliphatic carbocycles. The normalized spacial score (nSPS) is 37.1. The van der Waals surface area contributed by atoms with Crippen molar-refractivity contribution in [3.05, 3.63) is 0 Å². The third-order valence-corrected chi connectivity index (χ3v) is 3.89. The molecular formula is C11H20N2O. The predicted molar refractivity (Wildman–Crippen MR) is 55.9 cm³/mol. The number of rotatable bonds is 3. The Hall–Kier alpha value is -0.570. The monoisotopic (exact) mass is 196 g/mol. The minimum atomic E-state index is -0.0610. The minimum Gasteiger partial charge on any atom is -0.352 e.